The van der Waals surface area contributed by atoms with E-state index in [9.17, 15) is 0 Å². The molecule has 48 heavy (non-hydrogen) atoms. The molecule has 0 radical (unpaired) electrons. The molecule has 2 heterocycles. The maximum absolute atomic E-state index is 5.24. The predicted molar refractivity (Wildman–Crippen MR) is 201 cm³/mol. The molecule has 0 fully saturated rings. The Morgan fingerprint density at radius 2 is 1.04 bits per heavy atom. The molecule has 8 rings (SSSR count). The van der Waals surface area contributed by atoms with E-state index < -0.39 is 0 Å². The average Bonchev–Trinajstić information content (AvgIpc) is 3.18. The highest BCUT2D eigenvalue weighted by Crippen LogP contribution is 2.38. The fourth-order valence-electron chi connectivity index (χ4n) is 6.96. The summed E-state index contributed by atoms with van der Waals surface area (Å²) in [6.07, 6.45) is 2.78. The first-order chi connectivity index (χ1) is 23.8. The van der Waals surface area contributed by atoms with Crippen LogP contribution in [0.3, 0.4) is 0 Å². The van der Waals surface area contributed by atoms with Crippen LogP contribution in [0.2, 0.25) is 0 Å². The number of aromatic nitrogens is 1. The number of hydrogen-bond acceptors (Lipinski definition) is 3. The zero-order chi connectivity index (χ0) is 32.3. The van der Waals surface area contributed by atoms with E-state index >= 15 is 0 Å². The van der Waals surface area contributed by atoms with Gasteiger partial charge in [0.15, 0.2) is 5.84 Å². The van der Waals surface area contributed by atoms with Crippen LogP contribution in [0.5, 0.6) is 0 Å². The molecule has 6 aromatic carbocycles. The zero-order valence-electron chi connectivity index (χ0n) is 26.9. The first-order valence-corrected chi connectivity index (χ1v) is 16.7. The van der Waals surface area contributed by atoms with Gasteiger partial charge in [0, 0.05) is 23.2 Å². The van der Waals surface area contributed by atoms with Crippen molar-refractivity contribution in [1.29, 1.82) is 0 Å². The highest BCUT2D eigenvalue weighted by atomic mass is 15.0. The number of fused-ring (bicyclic) bond motifs is 1. The Bertz CT molecular complexity index is 2240. The lowest BCUT2D eigenvalue weighted by Gasteiger charge is -2.30. The molecule has 0 saturated heterocycles. The first kappa shape index (κ1) is 29.5. The third-order valence-corrected chi connectivity index (χ3v) is 9.40. The molecule has 2 unspecified atom stereocenters. The van der Waals surface area contributed by atoms with Gasteiger partial charge in [0.05, 0.1) is 17.4 Å². The van der Waals surface area contributed by atoms with Gasteiger partial charge in [-0.05, 0) is 62.7 Å². The van der Waals surface area contributed by atoms with E-state index in [2.05, 4.69) is 151 Å². The minimum Gasteiger partial charge on any atom is -0.257 e. The number of pyridine rings is 1. The van der Waals surface area contributed by atoms with Gasteiger partial charge in [0.2, 0.25) is 0 Å². The Kier molecular flexibility index (Phi) is 8.02. The van der Waals surface area contributed by atoms with Crippen LogP contribution in [0.4, 0.5) is 0 Å². The number of aliphatic imine (C=N–C) groups is 2. The van der Waals surface area contributed by atoms with Gasteiger partial charge in [-0.2, -0.15) is 0 Å². The van der Waals surface area contributed by atoms with Crippen LogP contribution >= 0.6 is 0 Å². The second kappa shape index (κ2) is 13.1. The number of amidine groups is 1. The van der Waals surface area contributed by atoms with Crippen molar-refractivity contribution in [2.45, 2.75) is 19.4 Å². The number of benzene rings is 6. The second-order valence-electron chi connectivity index (χ2n) is 12.3. The largest absolute Gasteiger partial charge is 0.257 e. The summed E-state index contributed by atoms with van der Waals surface area (Å²) in [5, 5.41) is 2.47. The van der Waals surface area contributed by atoms with Gasteiger partial charge in [-0.25, -0.2) is 4.99 Å². The molecule has 0 spiro atoms. The Morgan fingerprint density at radius 1 is 0.479 bits per heavy atom. The minimum atomic E-state index is 0.00749. The molecule has 1 aliphatic rings. The van der Waals surface area contributed by atoms with Gasteiger partial charge in [-0.1, -0.05) is 159 Å². The fourth-order valence-corrected chi connectivity index (χ4v) is 6.96. The van der Waals surface area contributed by atoms with Crippen molar-refractivity contribution in [3.63, 3.8) is 0 Å². The van der Waals surface area contributed by atoms with Gasteiger partial charge in [0.1, 0.15) is 0 Å². The van der Waals surface area contributed by atoms with Crippen LogP contribution in [0.1, 0.15) is 36.1 Å². The van der Waals surface area contributed by atoms with Crippen molar-refractivity contribution < 1.29 is 0 Å². The van der Waals surface area contributed by atoms with Crippen LogP contribution in [0.15, 0.2) is 180 Å². The quantitative estimate of drug-likeness (QED) is 0.175. The standard InChI is InChI=1S/C45H35N3/c1-2-37-43(34-13-5-3-6-14-34)47-45(36-15-7-4-8-16-36)48-44(37)35-28-24-32(25-29-35)39-18-12-19-40-38(17-11-20-41(39)40)31-22-26-33(27-23-31)42-21-9-10-30-46-42/h3-30,37,43H,2H2,1H3. The summed E-state index contributed by atoms with van der Waals surface area (Å²) in [5.41, 5.74) is 11.4. The molecule has 1 aliphatic heterocycles. The third kappa shape index (κ3) is 5.65. The van der Waals surface area contributed by atoms with E-state index in [1.807, 2.05) is 30.5 Å². The molecule has 230 valence electrons. The predicted octanol–water partition coefficient (Wildman–Crippen LogP) is 11.3. The van der Waals surface area contributed by atoms with Crippen molar-refractivity contribution in [2.75, 3.05) is 0 Å². The molecule has 3 nitrogen and oxygen atoms in total. The lowest BCUT2D eigenvalue weighted by atomic mass is 9.82. The summed E-state index contributed by atoms with van der Waals surface area (Å²) in [7, 11) is 0. The van der Waals surface area contributed by atoms with E-state index in [-0.39, 0.29) is 12.0 Å². The van der Waals surface area contributed by atoms with E-state index in [0.29, 0.717) is 0 Å². The number of nitrogens with zero attached hydrogens (tertiary/aromatic N) is 3. The molecule has 0 N–H and O–H groups in total. The topological polar surface area (TPSA) is 37.6 Å². The van der Waals surface area contributed by atoms with E-state index in [4.69, 9.17) is 9.98 Å². The Labute approximate surface area is 282 Å². The monoisotopic (exact) mass is 617 g/mol. The third-order valence-electron chi connectivity index (χ3n) is 9.40. The molecule has 1 aromatic heterocycles. The van der Waals surface area contributed by atoms with Gasteiger partial charge < -0.3 is 0 Å². The lowest BCUT2D eigenvalue weighted by molar-refractivity contribution is 0.532. The Balaban J connectivity index is 1.15. The molecule has 7 aromatic rings. The van der Waals surface area contributed by atoms with Gasteiger partial charge >= 0.3 is 0 Å². The average molecular weight is 618 g/mol. The van der Waals surface area contributed by atoms with Gasteiger partial charge in [0.25, 0.3) is 0 Å². The summed E-state index contributed by atoms with van der Waals surface area (Å²) in [6, 6.07) is 58.0. The highest BCUT2D eigenvalue weighted by molar-refractivity contribution is 6.15. The van der Waals surface area contributed by atoms with E-state index in [0.717, 1.165) is 40.4 Å². The van der Waals surface area contributed by atoms with Crippen LogP contribution in [-0.2, 0) is 0 Å². The van der Waals surface area contributed by atoms with Crippen molar-refractivity contribution >= 4 is 22.3 Å². The molecular formula is C45H35N3. The van der Waals surface area contributed by atoms with E-state index in [1.54, 1.807) is 0 Å². The van der Waals surface area contributed by atoms with Crippen LogP contribution < -0.4 is 0 Å². The van der Waals surface area contributed by atoms with Crippen LogP contribution in [0.25, 0.3) is 44.3 Å². The molecule has 0 bridgehead atoms. The summed E-state index contributed by atoms with van der Waals surface area (Å²) < 4.78 is 0. The molecule has 0 saturated carbocycles. The first-order valence-electron chi connectivity index (χ1n) is 16.7. The highest BCUT2D eigenvalue weighted by Gasteiger charge is 2.31. The van der Waals surface area contributed by atoms with Crippen molar-refractivity contribution in [3.8, 4) is 33.5 Å². The molecular weight excluding hydrogens is 583 g/mol. The zero-order valence-corrected chi connectivity index (χ0v) is 26.9. The fraction of sp³-hybridized carbons (Fsp3) is 0.0889. The summed E-state index contributed by atoms with van der Waals surface area (Å²) in [6.45, 7) is 2.24. The molecule has 0 aliphatic carbocycles. The maximum atomic E-state index is 5.24. The lowest BCUT2D eigenvalue weighted by Crippen LogP contribution is -2.28. The smallest absolute Gasteiger partial charge is 0.155 e. The van der Waals surface area contributed by atoms with E-state index in [1.165, 1.54) is 38.6 Å². The molecule has 2 atom stereocenters. The normalized spacial score (nSPS) is 15.9. The number of hydrogen-bond donors (Lipinski definition) is 0. The summed E-state index contributed by atoms with van der Waals surface area (Å²) in [4.78, 5) is 15.0. The van der Waals surface area contributed by atoms with Crippen LogP contribution in [0, 0.1) is 5.92 Å². The van der Waals surface area contributed by atoms with Crippen molar-refractivity contribution in [3.05, 3.63) is 187 Å². The maximum Gasteiger partial charge on any atom is 0.155 e. The minimum absolute atomic E-state index is 0.00749. The van der Waals surface area contributed by atoms with Crippen LogP contribution in [-0.4, -0.2) is 16.5 Å². The van der Waals surface area contributed by atoms with Gasteiger partial charge in [-0.15, -0.1) is 0 Å². The van der Waals surface area contributed by atoms with Gasteiger partial charge in [-0.3, -0.25) is 9.98 Å². The van der Waals surface area contributed by atoms with Crippen molar-refractivity contribution in [2.24, 2.45) is 15.9 Å². The van der Waals surface area contributed by atoms with Crippen molar-refractivity contribution in [1.82, 2.24) is 4.98 Å². The SMILES string of the molecule is CCC1C(c2ccc(-c3cccc4c(-c5ccc(-c6ccccn6)cc5)cccc34)cc2)=NC(c2ccccc2)=NC1c1ccccc1. The molecule has 0 amide bonds. The second-order valence-corrected chi connectivity index (χ2v) is 12.3. The molecule has 3 heteroatoms. The Hall–Kier alpha value is -5.93. The summed E-state index contributed by atoms with van der Waals surface area (Å²) in [5.74, 6) is 0.970. The number of rotatable bonds is 7. The summed E-state index contributed by atoms with van der Waals surface area (Å²) >= 11 is 0. The Morgan fingerprint density at radius 3 is 1.62 bits per heavy atom.